The van der Waals surface area contributed by atoms with Crippen LogP contribution in [0, 0.1) is 0 Å². The highest BCUT2D eigenvalue weighted by Gasteiger charge is 2.35. The van der Waals surface area contributed by atoms with Crippen molar-refractivity contribution in [1.29, 1.82) is 0 Å². The van der Waals surface area contributed by atoms with Crippen LogP contribution in [0.3, 0.4) is 0 Å². The number of fused-ring (bicyclic) bond motifs is 1. The van der Waals surface area contributed by atoms with Crippen molar-refractivity contribution in [3.05, 3.63) is 59.5 Å². The van der Waals surface area contributed by atoms with E-state index in [9.17, 15) is 14.7 Å². The van der Waals surface area contributed by atoms with Crippen LogP contribution in [0.1, 0.15) is 21.7 Å². The van der Waals surface area contributed by atoms with Crippen molar-refractivity contribution in [1.82, 2.24) is 4.90 Å². The number of nitrogens with zero attached hydrogens (tertiary/aromatic N) is 1. The molecular weight excluding hydrogens is 258 g/mol. The summed E-state index contributed by atoms with van der Waals surface area (Å²) in [7, 11) is 0. The summed E-state index contributed by atoms with van der Waals surface area (Å²) < 4.78 is 5.08. The summed E-state index contributed by atoms with van der Waals surface area (Å²) in [6.45, 7) is 0.284. The number of hydrogen-bond acceptors (Lipinski definition) is 3. The standard InChI is InChI=1S/C15H13NO4/c17-14(13-6-3-7-20-13)16-9-11-5-2-1-4-10(11)8-12(16)15(18)19/h1-7,12H,8-9H2,(H,18,19)/t12-/m0/s1. The number of rotatable bonds is 2. The van der Waals surface area contributed by atoms with E-state index in [1.165, 1.54) is 11.2 Å². The smallest absolute Gasteiger partial charge is 0.326 e. The molecule has 1 N–H and O–H groups in total. The van der Waals surface area contributed by atoms with Crippen LogP contribution in [0.25, 0.3) is 0 Å². The molecule has 5 heteroatoms. The van der Waals surface area contributed by atoms with Crippen LogP contribution in [0.15, 0.2) is 47.1 Å². The van der Waals surface area contributed by atoms with Gasteiger partial charge in [-0.25, -0.2) is 4.79 Å². The average molecular weight is 271 g/mol. The van der Waals surface area contributed by atoms with E-state index in [1.807, 2.05) is 24.3 Å². The molecule has 1 aromatic heterocycles. The van der Waals surface area contributed by atoms with E-state index in [1.54, 1.807) is 12.1 Å². The van der Waals surface area contributed by atoms with Gasteiger partial charge in [0.25, 0.3) is 5.91 Å². The van der Waals surface area contributed by atoms with Gasteiger partial charge in [0.1, 0.15) is 6.04 Å². The molecule has 0 aliphatic carbocycles. The molecule has 2 aromatic rings. The predicted molar refractivity (Wildman–Crippen MR) is 70.2 cm³/mol. The van der Waals surface area contributed by atoms with Crippen LogP contribution in [0.4, 0.5) is 0 Å². The zero-order valence-electron chi connectivity index (χ0n) is 10.7. The Morgan fingerprint density at radius 3 is 2.55 bits per heavy atom. The molecule has 20 heavy (non-hydrogen) atoms. The first-order chi connectivity index (χ1) is 9.66. The molecule has 5 nitrogen and oxygen atoms in total. The Morgan fingerprint density at radius 2 is 1.90 bits per heavy atom. The van der Waals surface area contributed by atoms with E-state index in [-0.39, 0.29) is 12.3 Å². The van der Waals surface area contributed by atoms with Gasteiger partial charge in [-0.15, -0.1) is 0 Å². The van der Waals surface area contributed by atoms with Crippen LogP contribution in [-0.2, 0) is 17.8 Å². The van der Waals surface area contributed by atoms with Crippen LogP contribution in [-0.4, -0.2) is 27.9 Å². The highest BCUT2D eigenvalue weighted by molar-refractivity contribution is 5.94. The van der Waals surface area contributed by atoms with E-state index in [4.69, 9.17) is 4.42 Å². The van der Waals surface area contributed by atoms with Crippen LogP contribution < -0.4 is 0 Å². The van der Waals surface area contributed by atoms with Crippen molar-refractivity contribution in [2.24, 2.45) is 0 Å². The molecule has 0 fully saturated rings. The second-order valence-electron chi connectivity index (χ2n) is 4.74. The fourth-order valence-corrected chi connectivity index (χ4v) is 2.50. The molecule has 0 saturated heterocycles. The number of carboxylic acid groups (broad SMARTS) is 1. The number of carbonyl (C=O) groups excluding carboxylic acids is 1. The lowest BCUT2D eigenvalue weighted by atomic mass is 9.94. The zero-order valence-corrected chi connectivity index (χ0v) is 10.7. The number of carboxylic acids is 1. The third kappa shape index (κ3) is 2.07. The molecule has 1 aliphatic heterocycles. The molecule has 1 amide bonds. The van der Waals surface area contributed by atoms with Gasteiger partial charge in [-0.1, -0.05) is 24.3 Å². The fourth-order valence-electron chi connectivity index (χ4n) is 2.50. The fraction of sp³-hybridized carbons (Fsp3) is 0.200. The number of benzene rings is 1. The molecule has 1 aliphatic rings. The molecule has 2 heterocycles. The van der Waals surface area contributed by atoms with Gasteiger partial charge in [0.15, 0.2) is 5.76 Å². The Balaban J connectivity index is 1.96. The summed E-state index contributed by atoms with van der Waals surface area (Å²) >= 11 is 0. The number of aliphatic carboxylic acids is 1. The monoisotopic (exact) mass is 271 g/mol. The Morgan fingerprint density at radius 1 is 1.15 bits per heavy atom. The van der Waals surface area contributed by atoms with E-state index >= 15 is 0 Å². The van der Waals surface area contributed by atoms with E-state index < -0.39 is 17.9 Å². The Labute approximate surface area is 115 Å². The number of amides is 1. The van der Waals surface area contributed by atoms with Gasteiger partial charge in [-0.2, -0.15) is 0 Å². The normalized spacial score (nSPS) is 17.6. The first kappa shape index (κ1) is 12.5. The Bertz CT molecular complexity index is 648. The minimum Gasteiger partial charge on any atom is -0.480 e. The first-order valence-corrected chi connectivity index (χ1v) is 6.31. The van der Waals surface area contributed by atoms with Gasteiger partial charge in [0.05, 0.1) is 6.26 Å². The van der Waals surface area contributed by atoms with Crippen LogP contribution >= 0.6 is 0 Å². The van der Waals surface area contributed by atoms with Crippen molar-refractivity contribution < 1.29 is 19.1 Å². The topological polar surface area (TPSA) is 70.8 Å². The molecule has 0 bridgehead atoms. The summed E-state index contributed by atoms with van der Waals surface area (Å²) in [5.74, 6) is -1.23. The first-order valence-electron chi connectivity index (χ1n) is 6.31. The minimum absolute atomic E-state index is 0.163. The molecule has 0 unspecified atom stereocenters. The molecular formula is C15H13NO4. The number of hydrogen-bond donors (Lipinski definition) is 1. The maximum absolute atomic E-state index is 12.4. The van der Waals surface area contributed by atoms with E-state index in [0.29, 0.717) is 6.42 Å². The van der Waals surface area contributed by atoms with E-state index in [2.05, 4.69) is 0 Å². The van der Waals surface area contributed by atoms with Gasteiger partial charge >= 0.3 is 5.97 Å². The quantitative estimate of drug-likeness (QED) is 0.906. The largest absolute Gasteiger partial charge is 0.480 e. The summed E-state index contributed by atoms with van der Waals surface area (Å²) in [5.41, 5.74) is 1.95. The van der Waals surface area contributed by atoms with Gasteiger partial charge < -0.3 is 14.4 Å². The summed E-state index contributed by atoms with van der Waals surface area (Å²) in [4.78, 5) is 25.1. The van der Waals surface area contributed by atoms with Crippen molar-refractivity contribution in [2.75, 3.05) is 0 Å². The summed E-state index contributed by atoms with van der Waals surface area (Å²) in [6, 6.07) is 9.87. The Kier molecular flexibility index (Phi) is 3.02. The highest BCUT2D eigenvalue weighted by Crippen LogP contribution is 2.25. The maximum Gasteiger partial charge on any atom is 0.326 e. The second kappa shape index (κ2) is 4.85. The number of carbonyl (C=O) groups is 2. The molecule has 102 valence electrons. The minimum atomic E-state index is -1.00. The van der Waals surface area contributed by atoms with Gasteiger partial charge in [0.2, 0.25) is 0 Å². The molecule has 3 rings (SSSR count). The predicted octanol–water partition coefficient (Wildman–Crippen LogP) is 1.93. The van der Waals surface area contributed by atoms with Crippen LogP contribution in [0.5, 0.6) is 0 Å². The zero-order chi connectivity index (χ0) is 14.1. The lowest BCUT2D eigenvalue weighted by molar-refractivity contribution is -0.142. The molecule has 0 radical (unpaired) electrons. The van der Waals surface area contributed by atoms with Gasteiger partial charge in [-0.05, 0) is 23.3 Å². The SMILES string of the molecule is O=C(O)[C@@H]1Cc2ccccc2CN1C(=O)c1ccco1. The maximum atomic E-state index is 12.4. The molecule has 0 spiro atoms. The van der Waals surface area contributed by atoms with Gasteiger partial charge in [-0.3, -0.25) is 4.79 Å². The third-order valence-electron chi connectivity index (χ3n) is 3.53. The average Bonchev–Trinajstić information content (AvgIpc) is 2.99. The molecule has 1 atom stereocenters. The van der Waals surface area contributed by atoms with E-state index in [0.717, 1.165) is 11.1 Å². The lowest BCUT2D eigenvalue weighted by Gasteiger charge is -2.33. The Hall–Kier alpha value is -2.56. The van der Waals surface area contributed by atoms with Crippen molar-refractivity contribution in [3.8, 4) is 0 Å². The van der Waals surface area contributed by atoms with Crippen LogP contribution in [0.2, 0.25) is 0 Å². The third-order valence-corrected chi connectivity index (χ3v) is 3.53. The second-order valence-corrected chi connectivity index (χ2v) is 4.74. The summed E-state index contributed by atoms with van der Waals surface area (Å²) in [6.07, 6.45) is 1.72. The molecule has 0 saturated carbocycles. The summed E-state index contributed by atoms with van der Waals surface area (Å²) in [5, 5.41) is 9.36. The van der Waals surface area contributed by atoms with Crippen molar-refractivity contribution in [2.45, 2.75) is 19.0 Å². The number of furan rings is 1. The van der Waals surface area contributed by atoms with Gasteiger partial charge in [0, 0.05) is 13.0 Å². The van der Waals surface area contributed by atoms with Crippen molar-refractivity contribution in [3.63, 3.8) is 0 Å². The van der Waals surface area contributed by atoms with Crippen molar-refractivity contribution >= 4 is 11.9 Å². The highest BCUT2D eigenvalue weighted by atomic mass is 16.4. The molecule has 1 aromatic carbocycles. The lowest BCUT2D eigenvalue weighted by Crippen LogP contribution is -2.48.